The quantitative estimate of drug-likeness (QED) is 0.610. The molecule has 0 unspecified atom stereocenters. The number of esters is 1. The molecule has 0 fully saturated rings. The van der Waals surface area contributed by atoms with Crippen molar-refractivity contribution in [3.8, 4) is 5.75 Å². The first-order chi connectivity index (χ1) is 13.0. The first kappa shape index (κ1) is 19.2. The van der Waals surface area contributed by atoms with Gasteiger partial charge in [0.25, 0.3) is 0 Å². The summed E-state index contributed by atoms with van der Waals surface area (Å²) >= 11 is 11.6. The van der Waals surface area contributed by atoms with Crippen molar-refractivity contribution in [3.05, 3.63) is 70.4 Å². The van der Waals surface area contributed by atoms with E-state index in [2.05, 4.69) is 5.32 Å². The van der Waals surface area contributed by atoms with Crippen LogP contribution in [0.2, 0.25) is 5.02 Å². The molecule has 3 rings (SSSR count). The highest BCUT2D eigenvalue weighted by Gasteiger charge is 2.35. The molecule has 1 aliphatic rings. The van der Waals surface area contributed by atoms with Crippen LogP contribution < -0.4 is 15.0 Å². The van der Waals surface area contributed by atoms with Gasteiger partial charge in [-0.3, -0.25) is 4.90 Å². The van der Waals surface area contributed by atoms with Gasteiger partial charge in [-0.05, 0) is 49.0 Å². The van der Waals surface area contributed by atoms with Crippen LogP contribution >= 0.6 is 23.8 Å². The number of thiocarbonyl (C=S) groups is 1. The van der Waals surface area contributed by atoms with Crippen molar-refractivity contribution >= 4 is 40.6 Å². The molecule has 0 saturated heterocycles. The third-order valence-electron chi connectivity index (χ3n) is 4.42. The van der Waals surface area contributed by atoms with E-state index < -0.39 is 12.0 Å². The second-order valence-corrected chi connectivity index (χ2v) is 6.76. The van der Waals surface area contributed by atoms with E-state index in [9.17, 15) is 4.79 Å². The van der Waals surface area contributed by atoms with E-state index in [1.807, 2.05) is 43.3 Å². The number of methoxy groups -OCH3 is 2. The minimum absolute atomic E-state index is 0.428. The molecule has 0 aromatic heterocycles. The highest BCUT2D eigenvalue weighted by molar-refractivity contribution is 7.80. The van der Waals surface area contributed by atoms with E-state index in [4.69, 9.17) is 33.3 Å². The number of ether oxygens (including phenoxy) is 2. The maximum absolute atomic E-state index is 12.6. The highest BCUT2D eigenvalue weighted by Crippen LogP contribution is 2.37. The predicted molar refractivity (Wildman–Crippen MR) is 110 cm³/mol. The molecule has 0 saturated carbocycles. The van der Waals surface area contributed by atoms with Crippen LogP contribution in [0.25, 0.3) is 0 Å². The topological polar surface area (TPSA) is 50.8 Å². The number of halogens is 1. The lowest BCUT2D eigenvalue weighted by molar-refractivity contribution is -0.136. The monoisotopic (exact) mass is 402 g/mol. The molecule has 27 heavy (non-hydrogen) atoms. The van der Waals surface area contributed by atoms with Gasteiger partial charge in [0, 0.05) is 10.7 Å². The number of carbonyl (C=O) groups is 1. The van der Waals surface area contributed by atoms with Gasteiger partial charge in [0.1, 0.15) is 5.75 Å². The van der Waals surface area contributed by atoms with Crippen molar-refractivity contribution in [2.45, 2.75) is 13.0 Å². The number of allylic oxidation sites excluding steroid dienone is 1. The zero-order valence-electron chi connectivity index (χ0n) is 15.2. The highest BCUT2D eigenvalue weighted by atomic mass is 35.5. The molecule has 0 amide bonds. The summed E-state index contributed by atoms with van der Waals surface area (Å²) in [6.45, 7) is 1.84. The van der Waals surface area contributed by atoms with Gasteiger partial charge in [0.05, 0.1) is 31.5 Å². The predicted octanol–water partition coefficient (Wildman–Crippen LogP) is 4.23. The molecule has 0 spiro atoms. The van der Waals surface area contributed by atoms with E-state index in [1.54, 1.807) is 24.1 Å². The lowest BCUT2D eigenvalue weighted by Gasteiger charge is -2.37. The van der Waals surface area contributed by atoms with E-state index in [0.29, 0.717) is 27.2 Å². The average Bonchev–Trinajstić information content (AvgIpc) is 2.68. The molecule has 1 N–H and O–H groups in total. The summed E-state index contributed by atoms with van der Waals surface area (Å²) in [7, 11) is 2.96. The van der Waals surface area contributed by atoms with Crippen molar-refractivity contribution in [1.29, 1.82) is 0 Å². The van der Waals surface area contributed by atoms with Crippen LogP contribution in [0.1, 0.15) is 18.5 Å². The largest absolute Gasteiger partial charge is 0.495 e. The fourth-order valence-electron chi connectivity index (χ4n) is 3.13. The van der Waals surface area contributed by atoms with Crippen LogP contribution in [0, 0.1) is 0 Å². The smallest absolute Gasteiger partial charge is 0.337 e. The number of nitrogens with one attached hydrogen (secondary N) is 1. The average molecular weight is 403 g/mol. The summed E-state index contributed by atoms with van der Waals surface area (Å²) in [5.41, 5.74) is 2.75. The van der Waals surface area contributed by atoms with Gasteiger partial charge in [0.2, 0.25) is 0 Å². The first-order valence-electron chi connectivity index (χ1n) is 8.26. The second kappa shape index (κ2) is 7.98. The Morgan fingerprint density at radius 1 is 1.15 bits per heavy atom. The summed E-state index contributed by atoms with van der Waals surface area (Å²) in [5.74, 6) is 0.220. The molecule has 0 aliphatic carbocycles. The standard InChI is InChI=1S/C20H19ClN2O3S/c1-12-17(19(24)26-3)18(13-8-10-14(21)11-9-13)22-20(27)23(12)15-6-4-5-7-16(15)25-2/h4-11,18H,1-3H3,(H,22,27)/t18-/m1/s1. The van der Waals surface area contributed by atoms with E-state index in [1.165, 1.54) is 7.11 Å². The summed E-state index contributed by atoms with van der Waals surface area (Å²) in [6, 6.07) is 14.3. The Morgan fingerprint density at radius 3 is 2.44 bits per heavy atom. The maximum Gasteiger partial charge on any atom is 0.337 e. The summed E-state index contributed by atoms with van der Waals surface area (Å²) in [5, 5.41) is 4.33. The molecule has 0 bridgehead atoms. The summed E-state index contributed by atoms with van der Waals surface area (Å²) < 4.78 is 10.5. The number of para-hydroxylation sites is 2. The van der Waals surface area contributed by atoms with Gasteiger partial charge in [-0.25, -0.2) is 4.79 Å². The Bertz CT molecular complexity index is 912. The van der Waals surface area contributed by atoms with Crippen molar-refractivity contribution < 1.29 is 14.3 Å². The van der Waals surface area contributed by atoms with E-state index in [-0.39, 0.29) is 0 Å². The number of hydrogen-bond acceptors (Lipinski definition) is 4. The Balaban J connectivity index is 2.16. The number of hydrogen-bond donors (Lipinski definition) is 1. The second-order valence-electron chi connectivity index (χ2n) is 5.93. The number of nitrogens with zero attached hydrogens (tertiary/aromatic N) is 1. The molecule has 140 valence electrons. The molecule has 7 heteroatoms. The minimum Gasteiger partial charge on any atom is -0.495 e. The number of benzene rings is 2. The van der Waals surface area contributed by atoms with Gasteiger partial charge in [0.15, 0.2) is 5.11 Å². The lowest BCUT2D eigenvalue weighted by Crippen LogP contribution is -2.48. The molecular formula is C20H19ClN2O3S. The zero-order chi connectivity index (χ0) is 19.6. The fourth-order valence-corrected chi connectivity index (χ4v) is 3.61. The van der Waals surface area contributed by atoms with Crippen molar-refractivity contribution in [1.82, 2.24) is 5.32 Å². The minimum atomic E-state index is -0.437. The molecule has 2 aromatic rings. The van der Waals surface area contributed by atoms with E-state index in [0.717, 1.165) is 11.3 Å². The Hall–Kier alpha value is -2.57. The van der Waals surface area contributed by atoms with Crippen LogP contribution in [-0.4, -0.2) is 25.3 Å². The van der Waals surface area contributed by atoms with Gasteiger partial charge in [-0.15, -0.1) is 0 Å². The Kier molecular flexibility index (Phi) is 5.68. The normalized spacial score (nSPS) is 16.8. The third kappa shape index (κ3) is 3.63. The maximum atomic E-state index is 12.6. The number of anilines is 1. The van der Waals surface area contributed by atoms with Crippen LogP contribution in [-0.2, 0) is 9.53 Å². The zero-order valence-corrected chi connectivity index (χ0v) is 16.7. The van der Waals surface area contributed by atoms with Crippen LogP contribution in [0.3, 0.4) is 0 Å². The van der Waals surface area contributed by atoms with Gasteiger partial charge >= 0.3 is 5.97 Å². The van der Waals surface area contributed by atoms with Crippen LogP contribution in [0.15, 0.2) is 59.8 Å². The first-order valence-corrected chi connectivity index (χ1v) is 9.04. The van der Waals surface area contributed by atoms with Gasteiger partial charge < -0.3 is 14.8 Å². The molecule has 1 atom stereocenters. The summed E-state index contributed by atoms with van der Waals surface area (Å²) in [4.78, 5) is 14.4. The van der Waals surface area contributed by atoms with Gasteiger partial charge in [-0.2, -0.15) is 0 Å². The van der Waals surface area contributed by atoms with Crippen LogP contribution in [0.5, 0.6) is 5.75 Å². The third-order valence-corrected chi connectivity index (χ3v) is 4.97. The fraction of sp³-hybridized carbons (Fsp3) is 0.200. The Morgan fingerprint density at radius 2 is 1.81 bits per heavy atom. The number of carbonyl (C=O) groups excluding carboxylic acids is 1. The molecule has 2 aromatic carbocycles. The molecule has 1 heterocycles. The van der Waals surface area contributed by atoms with Crippen molar-refractivity contribution in [3.63, 3.8) is 0 Å². The number of rotatable bonds is 4. The van der Waals surface area contributed by atoms with E-state index >= 15 is 0 Å². The molecule has 1 aliphatic heterocycles. The molecule has 5 nitrogen and oxygen atoms in total. The van der Waals surface area contributed by atoms with Crippen molar-refractivity contribution in [2.24, 2.45) is 0 Å². The van der Waals surface area contributed by atoms with Crippen molar-refractivity contribution in [2.75, 3.05) is 19.1 Å². The summed E-state index contributed by atoms with van der Waals surface area (Å²) in [6.07, 6.45) is 0. The molecular weight excluding hydrogens is 384 g/mol. The molecule has 0 radical (unpaired) electrons. The lowest BCUT2D eigenvalue weighted by atomic mass is 9.95. The SMILES string of the molecule is COC(=O)C1=C(C)N(c2ccccc2OC)C(=S)N[C@@H]1c1ccc(Cl)cc1. The Labute approximate surface area is 168 Å². The van der Waals surface area contributed by atoms with Crippen LogP contribution in [0.4, 0.5) is 5.69 Å². The van der Waals surface area contributed by atoms with Gasteiger partial charge in [-0.1, -0.05) is 35.9 Å².